The molecule has 0 radical (unpaired) electrons. The maximum absolute atomic E-state index is 5.38. The summed E-state index contributed by atoms with van der Waals surface area (Å²) in [7, 11) is 2.00. The molecule has 0 aliphatic rings. The Morgan fingerprint density at radius 3 is 2.88 bits per heavy atom. The minimum Gasteiger partial charge on any atom is -0.464 e. The number of rotatable bonds is 4. The molecular weight excluding hydrogens is 222 g/mol. The van der Waals surface area contributed by atoms with Crippen molar-refractivity contribution < 1.29 is 4.42 Å². The van der Waals surface area contributed by atoms with Gasteiger partial charge in [0.25, 0.3) is 0 Å². The number of furan rings is 1. The summed E-state index contributed by atoms with van der Waals surface area (Å²) in [5.41, 5.74) is 2.34. The van der Waals surface area contributed by atoms with Crippen molar-refractivity contribution in [1.82, 2.24) is 5.32 Å². The number of aryl methyl sites for hydroxylation is 1. The highest BCUT2D eigenvalue weighted by Crippen LogP contribution is 2.18. The van der Waals surface area contributed by atoms with Gasteiger partial charge in [-0.2, -0.15) is 0 Å². The SMILES string of the molecule is CN[C@@H](C)CCc1ccc2ccoc2c1.Cl. The molecule has 0 saturated heterocycles. The van der Waals surface area contributed by atoms with Gasteiger partial charge in [0.05, 0.1) is 6.26 Å². The largest absolute Gasteiger partial charge is 0.464 e. The van der Waals surface area contributed by atoms with Gasteiger partial charge in [0.1, 0.15) is 5.58 Å². The lowest BCUT2D eigenvalue weighted by atomic mass is 10.1. The van der Waals surface area contributed by atoms with Crippen LogP contribution in [0.25, 0.3) is 11.0 Å². The van der Waals surface area contributed by atoms with Gasteiger partial charge in [0.2, 0.25) is 0 Å². The number of benzene rings is 1. The van der Waals surface area contributed by atoms with Crippen LogP contribution in [0.3, 0.4) is 0 Å². The normalized spacial score (nSPS) is 12.4. The Labute approximate surface area is 102 Å². The third-order valence-electron chi connectivity index (χ3n) is 2.88. The fourth-order valence-corrected chi connectivity index (χ4v) is 1.68. The van der Waals surface area contributed by atoms with E-state index in [2.05, 4.69) is 30.4 Å². The van der Waals surface area contributed by atoms with E-state index < -0.39 is 0 Å². The Morgan fingerprint density at radius 1 is 1.31 bits per heavy atom. The van der Waals surface area contributed by atoms with Gasteiger partial charge in [0.15, 0.2) is 0 Å². The third kappa shape index (κ3) is 3.00. The van der Waals surface area contributed by atoms with Crippen molar-refractivity contribution in [3.05, 3.63) is 36.1 Å². The first kappa shape index (κ1) is 13.1. The van der Waals surface area contributed by atoms with Crippen molar-refractivity contribution in [2.45, 2.75) is 25.8 Å². The fourth-order valence-electron chi connectivity index (χ4n) is 1.68. The fraction of sp³-hybridized carbons (Fsp3) is 0.385. The van der Waals surface area contributed by atoms with Crippen molar-refractivity contribution in [3.63, 3.8) is 0 Å². The van der Waals surface area contributed by atoms with Crippen LogP contribution in [-0.2, 0) is 6.42 Å². The Hall–Kier alpha value is -0.990. The van der Waals surface area contributed by atoms with Gasteiger partial charge >= 0.3 is 0 Å². The molecule has 0 saturated carbocycles. The maximum Gasteiger partial charge on any atom is 0.134 e. The van der Waals surface area contributed by atoms with Crippen LogP contribution in [0, 0.1) is 0 Å². The zero-order chi connectivity index (χ0) is 10.7. The molecule has 3 heteroatoms. The number of nitrogens with one attached hydrogen (secondary N) is 1. The van der Waals surface area contributed by atoms with Crippen molar-refractivity contribution in [2.75, 3.05) is 7.05 Å². The van der Waals surface area contributed by atoms with Crippen LogP contribution in [-0.4, -0.2) is 13.1 Å². The zero-order valence-electron chi connectivity index (χ0n) is 9.69. The molecular formula is C13H18ClNO. The molecule has 0 amide bonds. The van der Waals surface area contributed by atoms with Crippen molar-refractivity contribution in [1.29, 1.82) is 0 Å². The van der Waals surface area contributed by atoms with Gasteiger partial charge in [-0.3, -0.25) is 0 Å². The van der Waals surface area contributed by atoms with Crippen molar-refractivity contribution in [2.24, 2.45) is 0 Å². The Kier molecular flexibility index (Phi) is 4.84. The minimum absolute atomic E-state index is 0. The standard InChI is InChI=1S/C13H17NO.ClH/c1-10(14-2)3-4-11-5-6-12-7-8-15-13(12)9-11;/h5-10,14H,3-4H2,1-2H3;1H/t10-;/m0./s1. The van der Waals surface area contributed by atoms with E-state index in [0.29, 0.717) is 6.04 Å². The smallest absolute Gasteiger partial charge is 0.134 e. The van der Waals surface area contributed by atoms with Gasteiger partial charge in [-0.05, 0) is 44.5 Å². The predicted octanol–water partition coefficient (Wildman–Crippen LogP) is 3.40. The second kappa shape index (κ2) is 5.92. The summed E-state index contributed by atoms with van der Waals surface area (Å²) < 4.78 is 5.38. The van der Waals surface area contributed by atoms with Gasteiger partial charge in [-0.15, -0.1) is 12.4 Å². The summed E-state index contributed by atoms with van der Waals surface area (Å²) in [6.07, 6.45) is 3.99. The molecule has 0 bridgehead atoms. The van der Waals surface area contributed by atoms with E-state index >= 15 is 0 Å². The summed E-state index contributed by atoms with van der Waals surface area (Å²) in [5.74, 6) is 0. The van der Waals surface area contributed by atoms with Crippen molar-refractivity contribution in [3.8, 4) is 0 Å². The first-order chi connectivity index (χ1) is 7.29. The number of fused-ring (bicyclic) bond motifs is 1. The average molecular weight is 240 g/mol. The van der Waals surface area contributed by atoms with Gasteiger partial charge in [-0.1, -0.05) is 12.1 Å². The summed E-state index contributed by atoms with van der Waals surface area (Å²) >= 11 is 0. The molecule has 0 aliphatic carbocycles. The molecule has 2 nitrogen and oxygen atoms in total. The van der Waals surface area contributed by atoms with E-state index in [1.165, 1.54) is 10.9 Å². The third-order valence-corrected chi connectivity index (χ3v) is 2.88. The van der Waals surface area contributed by atoms with Crippen molar-refractivity contribution >= 4 is 23.4 Å². The lowest BCUT2D eigenvalue weighted by Crippen LogP contribution is -2.21. The summed E-state index contributed by atoms with van der Waals surface area (Å²) in [6.45, 7) is 2.20. The van der Waals surface area contributed by atoms with Crippen LogP contribution in [0.2, 0.25) is 0 Å². The quantitative estimate of drug-likeness (QED) is 0.885. The van der Waals surface area contributed by atoms with Crippen LogP contribution >= 0.6 is 12.4 Å². The van der Waals surface area contributed by atoms with E-state index in [9.17, 15) is 0 Å². The van der Waals surface area contributed by atoms with Crippen LogP contribution in [0.1, 0.15) is 18.9 Å². The summed E-state index contributed by atoms with van der Waals surface area (Å²) in [6, 6.07) is 9.00. The molecule has 0 aliphatic heterocycles. The first-order valence-electron chi connectivity index (χ1n) is 5.43. The second-order valence-electron chi connectivity index (χ2n) is 4.02. The Morgan fingerprint density at radius 2 is 2.12 bits per heavy atom. The van der Waals surface area contributed by atoms with E-state index in [4.69, 9.17) is 4.42 Å². The number of hydrogen-bond acceptors (Lipinski definition) is 2. The van der Waals surface area contributed by atoms with Crippen LogP contribution in [0.15, 0.2) is 34.9 Å². The Bertz CT molecular complexity index is 438. The molecule has 0 fully saturated rings. The van der Waals surface area contributed by atoms with E-state index in [-0.39, 0.29) is 12.4 Å². The van der Waals surface area contributed by atoms with Gasteiger partial charge < -0.3 is 9.73 Å². The highest BCUT2D eigenvalue weighted by atomic mass is 35.5. The highest BCUT2D eigenvalue weighted by molar-refractivity contribution is 5.85. The monoisotopic (exact) mass is 239 g/mol. The molecule has 0 unspecified atom stereocenters. The van der Waals surface area contributed by atoms with Crippen LogP contribution < -0.4 is 5.32 Å². The number of hydrogen-bond donors (Lipinski definition) is 1. The molecule has 1 aromatic carbocycles. The second-order valence-corrected chi connectivity index (χ2v) is 4.02. The highest BCUT2D eigenvalue weighted by Gasteiger charge is 2.02. The summed E-state index contributed by atoms with van der Waals surface area (Å²) in [5, 5.41) is 4.42. The zero-order valence-corrected chi connectivity index (χ0v) is 10.5. The molecule has 2 aromatic rings. The van der Waals surface area contributed by atoms with Gasteiger partial charge in [-0.25, -0.2) is 0 Å². The van der Waals surface area contributed by atoms with E-state index in [1.807, 2.05) is 13.1 Å². The van der Waals surface area contributed by atoms with Crippen LogP contribution in [0.5, 0.6) is 0 Å². The predicted molar refractivity (Wildman–Crippen MR) is 70.3 cm³/mol. The molecule has 2 rings (SSSR count). The first-order valence-corrected chi connectivity index (χ1v) is 5.43. The molecule has 1 heterocycles. The number of halogens is 1. The topological polar surface area (TPSA) is 25.2 Å². The maximum atomic E-state index is 5.38. The lowest BCUT2D eigenvalue weighted by Gasteiger charge is -2.09. The average Bonchev–Trinajstić information content (AvgIpc) is 2.72. The molecule has 1 aromatic heterocycles. The molecule has 88 valence electrons. The molecule has 1 N–H and O–H groups in total. The van der Waals surface area contributed by atoms with Gasteiger partial charge in [0, 0.05) is 11.4 Å². The Balaban J connectivity index is 0.00000128. The minimum atomic E-state index is 0. The molecule has 1 atom stereocenters. The molecule has 16 heavy (non-hydrogen) atoms. The van der Waals surface area contributed by atoms with Crippen LogP contribution in [0.4, 0.5) is 0 Å². The van der Waals surface area contributed by atoms with E-state index in [0.717, 1.165) is 18.4 Å². The molecule has 0 spiro atoms. The summed E-state index contributed by atoms with van der Waals surface area (Å²) in [4.78, 5) is 0. The van der Waals surface area contributed by atoms with E-state index in [1.54, 1.807) is 6.26 Å². The lowest BCUT2D eigenvalue weighted by molar-refractivity contribution is 0.564.